The van der Waals surface area contributed by atoms with Crippen LogP contribution in [0.15, 0.2) is 89.3 Å². The zero-order chi connectivity index (χ0) is 17.9. The molecule has 1 aromatic heterocycles. The third kappa shape index (κ3) is 2.74. The van der Waals surface area contributed by atoms with Gasteiger partial charge in [0, 0.05) is 11.1 Å². The van der Waals surface area contributed by atoms with Crippen LogP contribution in [-0.2, 0) is 0 Å². The summed E-state index contributed by atoms with van der Waals surface area (Å²) >= 11 is 0. The van der Waals surface area contributed by atoms with Gasteiger partial charge in [-0.1, -0.05) is 84.9 Å². The van der Waals surface area contributed by atoms with Crippen LogP contribution >= 0.6 is 0 Å². The Bertz CT molecular complexity index is 1070. The van der Waals surface area contributed by atoms with E-state index in [1.807, 2.05) is 72.8 Å². The van der Waals surface area contributed by atoms with Crippen LogP contribution < -0.4 is 5.73 Å². The molecule has 1 heterocycles. The van der Waals surface area contributed by atoms with Crippen molar-refractivity contribution in [3.05, 3.63) is 90.5 Å². The van der Waals surface area contributed by atoms with E-state index < -0.39 is 0 Å². The summed E-state index contributed by atoms with van der Waals surface area (Å²) in [7, 11) is 0. The Morgan fingerprint density at radius 2 is 1.15 bits per heavy atom. The van der Waals surface area contributed by atoms with Gasteiger partial charge in [-0.25, -0.2) is 0 Å². The summed E-state index contributed by atoms with van der Waals surface area (Å²) in [4.78, 5) is 0. The number of rotatable bonds is 3. The van der Waals surface area contributed by atoms with Crippen LogP contribution in [-0.4, -0.2) is 0 Å². The average Bonchev–Trinajstić information content (AvgIpc) is 3.05. The Morgan fingerprint density at radius 1 is 0.654 bits per heavy atom. The van der Waals surface area contributed by atoms with Gasteiger partial charge in [0.2, 0.25) is 5.88 Å². The van der Waals surface area contributed by atoms with E-state index in [0.29, 0.717) is 11.3 Å². The number of nitrogens with zero attached hydrogens (tertiary/aromatic N) is 1. The second kappa shape index (κ2) is 6.62. The van der Waals surface area contributed by atoms with E-state index in [2.05, 4.69) is 18.2 Å². The molecule has 0 amide bonds. The normalized spacial score (nSPS) is 10.4. The third-order valence-electron chi connectivity index (χ3n) is 4.36. The molecule has 3 heteroatoms. The minimum absolute atomic E-state index is 0.147. The van der Waals surface area contributed by atoms with Gasteiger partial charge >= 0.3 is 0 Å². The fourth-order valence-electron chi connectivity index (χ4n) is 3.09. The summed E-state index contributed by atoms with van der Waals surface area (Å²) in [6, 6.07) is 30.1. The molecular weight excluding hydrogens is 320 g/mol. The van der Waals surface area contributed by atoms with Gasteiger partial charge in [-0.2, -0.15) is 5.26 Å². The molecule has 0 aliphatic carbocycles. The first-order valence-electron chi connectivity index (χ1n) is 8.31. The Balaban J connectivity index is 1.83. The van der Waals surface area contributed by atoms with Crippen molar-refractivity contribution in [2.75, 3.05) is 5.73 Å². The number of anilines is 1. The lowest BCUT2D eigenvalue weighted by Gasteiger charge is -2.06. The molecule has 3 aromatic carbocycles. The van der Waals surface area contributed by atoms with Crippen LogP contribution in [0, 0.1) is 11.3 Å². The van der Waals surface area contributed by atoms with Crippen LogP contribution in [0.5, 0.6) is 0 Å². The van der Waals surface area contributed by atoms with Crippen molar-refractivity contribution in [1.82, 2.24) is 0 Å². The highest BCUT2D eigenvalue weighted by atomic mass is 16.4. The number of furan rings is 1. The minimum Gasteiger partial charge on any atom is -0.439 e. The summed E-state index contributed by atoms with van der Waals surface area (Å²) in [6.07, 6.45) is 0. The molecule has 26 heavy (non-hydrogen) atoms. The molecule has 0 fully saturated rings. The molecule has 4 aromatic rings. The lowest BCUT2D eigenvalue weighted by atomic mass is 9.97. The van der Waals surface area contributed by atoms with E-state index in [4.69, 9.17) is 10.2 Å². The molecule has 0 atom stereocenters. The topological polar surface area (TPSA) is 63.0 Å². The molecule has 3 nitrogen and oxygen atoms in total. The predicted molar refractivity (Wildman–Crippen MR) is 104 cm³/mol. The maximum Gasteiger partial charge on any atom is 0.209 e. The van der Waals surface area contributed by atoms with Gasteiger partial charge < -0.3 is 10.2 Å². The summed E-state index contributed by atoms with van der Waals surface area (Å²) < 4.78 is 5.78. The molecule has 4 rings (SSSR count). The maximum absolute atomic E-state index is 9.52. The van der Waals surface area contributed by atoms with Crippen LogP contribution in [0.3, 0.4) is 0 Å². The number of nitriles is 1. The van der Waals surface area contributed by atoms with Gasteiger partial charge in [0.25, 0.3) is 0 Å². The van der Waals surface area contributed by atoms with E-state index in [0.717, 1.165) is 27.8 Å². The number of hydrogen-bond donors (Lipinski definition) is 1. The molecule has 124 valence electrons. The first-order valence-corrected chi connectivity index (χ1v) is 8.31. The fourth-order valence-corrected chi connectivity index (χ4v) is 3.09. The second-order valence-electron chi connectivity index (χ2n) is 5.97. The highest BCUT2D eigenvalue weighted by Crippen LogP contribution is 2.40. The molecule has 0 aliphatic heterocycles. The molecule has 0 aliphatic rings. The molecular formula is C23H16N2O. The summed E-state index contributed by atoms with van der Waals surface area (Å²) in [5, 5.41) is 9.52. The minimum atomic E-state index is 0.147. The first-order chi connectivity index (χ1) is 12.8. The van der Waals surface area contributed by atoms with Crippen molar-refractivity contribution >= 4 is 5.88 Å². The predicted octanol–water partition coefficient (Wildman–Crippen LogP) is 5.73. The molecule has 0 unspecified atom stereocenters. The highest BCUT2D eigenvalue weighted by Gasteiger charge is 2.21. The standard InChI is InChI=1S/C23H16N2O/c24-15-20-21(18-9-5-2-6-10-18)22(26-23(20)25)19-13-11-17(12-14-19)16-7-3-1-4-8-16/h1-14H,25H2. The molecule has 0 saturated heterocycles. The van der Waals surface area contributed by atoms with Gasteiger partial charge in [-0.3, -0.25) is 0 Å². The lowest BCUT2D eigenvalue weighted by molar-refractivity contribution is 0.603. The van der Waals surface area contributed by atoms with Gasteiger partial charge in [0.1, 0.15) is 17.4 Å². The van der Waals surface area contributed by atoms with Crippen molar-refractivity contribution in [2.45, 2.75) is 0 Å². The SMILES string of the molecule is N#Cc1c(N)oc(-c2ccc(-c3ccccc3)cc2)c1-c1ccccc1. The Morgan fingerprint density at radius 3 is 1.73 bits per heavy atom. The molecule has 0 radical (unpaired) electrons. The van der Waals surface area contributed by atoms with Gasteiger partial charge in [-0.15, -0.1) is 0 Å². The van der Waals surface area contributed by atoms with Crippen LogP contribution in [0.4, 0.5) is 5.88 Å². The van der Waals surface area contributed by atoms with E-state index in [1.165, 1.54) is 0 Å². The van der Waals surface area contributed by atoms with Gasteiger partial charge in [0.15, 0.2) is 0 Å². The number of benzene rings is 3. The third-order valence-corrected chi connectivity index (χ3v) is 4.36. The van der Waals surface area contributed by atoms with Crippen molar-refractivity contribution in [2.24, 2.45) is 0 Å². The Labute approximate surface area is 151 Å². The monoisotopic (exact) mass is 336 g/mol. The zero-order valence-electron chi connectivity index (χ0n) is 14.0. The molecule has 2 N–H and O–H groups in total. The van der Waals surface area contributed by atoms with E-state index in [9.17, 15) is 5.26 Å². The number of hydrogen-bond acceptors (Lipinski definition) is 3. The van der Waals surface area contributed by atoms with Crippen LogP contribution in [0.2, 0.25) is 0 Å². The largest absolute Gasteiger partial charge is 0.439 e. The summed E-state index contributed by atoms with van der Waals surface area (Å²) in [5.74, 6) is 0.762. The summed E-state index contributed by atoms with van der Waals surface area (Å²) in [6.45, 7) is 0. The van der Waals surface area contributed by atoms with Crippen molar-refractivity contribution in [1.29, 1.82) is 5.26 Å². The van der Waals surface area contributed by atoms with E-state index >= 15 is 0 Å². The number of nitrogens with two attached hydrogens (primary N) is 1. The molecule has 0 spiro atoms. The van der Waals surface area contributed by atoms with Crippen LogP contribution in [0.1, 0.15) is 5.56 Å². The van der Waals surface area contributed by atoms with Crippen molar-refractivity contribution in [3.8, 4) is 39.6 Å². The highest BCUT2D eigenvalue weighted by molar-refractivity contribution is 5.88. The van der Waals surface area contributed by atoms with E-state index in [-0.39, 0.29) is 5.88 Å². The van der Waals surface area contributed by atoms with Gasteiger partial charge in [0.05, 0.1) is 0 Å². The van der Waals surface area contributed by atoms with Crippen molar-refractivity contribution in [3.63, 3.8) is 0 Å². The first kappa shape index (κ1) is 15.7. The molecule has 0 bridgehead atoms. The second-order valence-corrected chi connectivity index (χ2v) is 5.97. The molecule has 0 saturated carbocycles. The zero-order valence-corrected chi connectivity index (χ0v) is 14.0. The Hall–Kier alpha value is -3.77. The smallest absolute Gasteiger partial charge is 0.209 e. The van der Waals surface area contributed by atoms with Gasteiger partial charge in [-0.05, 0) is 16.7 Å². The quantitative estimate of drug-likeness (QED) is 0.519. The van der Waals surface area contributed by atoms with Crippen LogP contribution in [0.25, 0.3) is 33.6 Å². The maximum atomic E-state index is 9.52. The Kier molecular flexibility index (Phi) is 4.01. The number of nitrogen functional groups attached to an aromatic ring is 1. The average molecular weight is 336 g/mol. The lowest BCUT2D eigenvalue weighted by Crippen LogP contribution is -1.86. The summed E-state index contributed by atoms with van der Waals surface area (Å²) in [5.41, 5.74) is 11.1. The fraction of sp³-hybridized carbons (Fsp3) is 0. The van der Waals surface area contributed by atoms with E-state index in [1.54, 1.807) is 0 Å². The van der Waals surface area contributed by atoms with Crippen molar-refractivity contribution < 1.29 is 4.42 Å².